The van der Waals surface area contributed by atoms with Crippen molar-refractivity contribution in [3.63, 3.8) is 0 Å². The number of para-hydroxylation sites is 1. The summed E-state index contributed by atoms with van der Waals surface area (Å²) < 4.78 is 5.23. The highest BCUT2D eigenvalue weighted by Crippen LogP contribution is 2.18. The van der Waals surface area contributed by atoms with Crippen LogP contribution in [0.5, 0.6) is 5.75 Å². The number of nitrogens with one attached hydrogen (secondary N) is 1. The summed E-state index contributed by atoms with van der Waals surface area (Å²) in [6, 6.07) is 7.55. The fraction of sp³-hybridized carbons (Fsp3) is 0.471. The molecule has 1 unspecified atom stereocenters. The molecule has 21 heavy (non-hydrogen) atoms. The highest BCUT2D eigenvalue weighted by molar-refractivity contribution is 5.92. The summed E-state index contributed by atoms with van der Waals surface area (Å²) >= 11 is 0. The Balaban J connectivity index is 2.50. The van der Waals surface area contributed by atoms with Crippen LogP contribution in [0.25, 0.3) is 6.08 Å². The predicted molar refractivity (Wildman–Crippen MR) is 85.1 cm³/mol. The SMILES string of the molecule is CCCC(CCO)CNC(=O)/C=C/c1ccccc1OC. The third-order valence-electron chi connectivity index (χ3n) is 3.35. The van der Waals surface area contributed by atoms with Crippen molar-refractivity contribution >= 4 is 12.0 Å². The first kappa shape index (κ1) is 17.2. The molecule has 1 aromatic carbocycles. The molecule has 0 aromatic heterocycles. The number of aliphatic hydroxyl groups is 1. The van der Waals surface area contributed by atoms with E-state index in [9.17, 15) is 4.79 Å². The van der Waals surface area contributed by atoms with E-state index in [0.717, 1.165) is 30.6 Å². The van der Waals surface area contributed by atoms with Gasteiger partial charge >= 0.3 is 0 Å². The van der Waals surface area contributed by atoms with Gasteiger partial charge in [-0.25, -0.2) is 0 Å². The lowest BCUT2D eigenvalue weighted by molar-refractivity contribution is -0.116. The van der Waals surface area contributed by atoms with Gasteiger partial charge in [0.05, 0.1) is 7.11 Å². The van der Waals surface area contributed by atoms with E-state index in [1.807, 2.05) is 24.3 Å². The molecule has 1 aromatic rings. The number of benzene rings is 1. The van der Waals surface area contributed by atoms with Gasteiger partial charge in [-0.15, -0.1) is 0 Å². The molecule has 0 saturated heterocycles. The van der Waals surface area contributed by atoms with Crippen LogP contribution in [0.15, 0.2) is 30.3 Å². The lowest BCUT2D eigenvalue weighted by Gasteiger charge is -2.14. The molecule has 0 aliphatic carbocycles. The molecule has 1 amide bonds. The van der Waals surface area contributed by atoms with Crippen LogP contribution in [-0.2, 0) is 4.79 Å². The Labute approximate surface area is 126 Å². The zero-order valence-corrected chi connectivity index (χ0v) is 12.8. The highest BCUT2D eigenvalue weighted by atomic mass is 16.5. The second kappa shape index (κ2) is 10.00. The Bertz CT molecular complexity index is 451. The third-order valence-corrected chi connectivity index (χ3v) is 3.35. The van der Waals surface area contributed by atoms with Gasteiger partial charge in [-0.2, -0.15) is 0 Å². The maximum Gasteiger partial charge on any atom is 0.244 e. The van der Waals surface area contributed by atoms with Crippen LogP contribution in [0.1, 0.15) is 31.7 Å². The van der Waals surface area contributed by atoms with Gasteiger partial charge in [0, 0.05) is 24.8 Å². The molecule has 1 atom stereocenters. The fourth-order valence-corrected chi connectivity index (χ4v) is 2.21. The van der Waals surface area contributed by atoms with E-state index in [1.165, 1.54) is 6.08 Å². The van der Waals surface area contributed by atoms with Gasteiger partial charge in [0.25, 0.3) is 0 Å². The van der Waals surface area contributed by atoms with Gasteiger partial charge in [-0.1, -0.05) is 31.5 Å². The van der Waals surface area contributed by atoms with Crippen LogP contribution in [0.2, 0.25) is 0 Å². The van der Waals surface area contributed by atoms with Gasteiger partial charge in [0.2, 0.25) is 5.91 Å². The monoisotopic (exact) mass is 291 g/mol. The second-order valence-electron chi connectivity index (χ2n) is 4.99. The van der Waals surface area contributed by atoms with Crippen molar-refractivity contribution in [2.24, 2.45) is 5.92 Å². The van der Waals surface area contributed by atoms with E-state index >= 15 is 0 Å². The van der Waals surface area contributed by atoms with Gasteiger partial charge in [-0.3, -0.25) is 4.79 Å². The standard InChI is InChI=1S/C17H25NO3/c1-3-6-14(11-12-19)13-18-17(20)10-9-15-7-4-5-8-16(15)21-2/h4-5,7-10,14,19H,3,6,11-13H2,1-2H3,(H,18,20)/b10-9+. The minimum absolute atomic E-state index is 0.125. The maximum atomic E-state index is 11.8. The van der Waals surface area contributed by atoms with Crippen LogP contribution in [0.4, 0.5) is 0 Å². The maximum absolute atomic E-state index is 11.8. The van der Waals surface area contributed by atoms with Gasteiger partial charge in [0.15, 0.2) is 0 Å². The minimum Gasteiger partial charge on any atom is -0.496 e. The summed E-state index contributed by atoms with van der Waals surface area (Å²) in [6.45, 7) is 2.87. The number of amides is 1. The molecule has 0 fully saturated rings. The Morgan fingerprint density at radius 3 is 2.81 bits per heavy atom. The molecule has 0 aliphatic heterocycles. The highest BCUT2D eigenvalue weighted by Gasteiger charge is 2.08. The van der Waals surface area contributed by atoms with E-state index in [4.69, 9.17) is 9.84 Å². The second-order valence-corrected chi connectivity index (χ2v) is 4.99. The molecule has 0 spiro atoms. The number of carbonyl (C=O) groups is 1. The van der Waals surface area contributed by atoms with E-state index in [-0.39, 0.29) is 12.5 Å². The fourth-order valence-electron chi connectivity index (χ4n) is 2.21. The van der Waals surface area contributed by atoms with E-state index < -0.39 is 0 Å². The molecular weight excluding hydrogens is 266 g/mol. The zero-order chi connectivity index (χ0) is 15.5. The minimum atomic E-state index is -0.125. The quantitative estimate of drug-likeness (QED) is 0.688. The molecule has 0 bridgehead atoms. The summed E-state index contributed by atoms with van der Waals surface area (Å²) in [7, 11) is 1.61. The topological polar surface area (TPSA) is 58.6 Å². The van der Waals surface area contributed by atoms with Crippen molar-refractivity contribution < 1.29 is 14.6 Å². The van der Waals surface area contributed by atoms with Crippen molar-refractivity contribution in [1.29, 1.82) is 0 Å². The van der Waals surface area contributed by atoms with Crippen molar-refractivity contribution in [3.05, 3.63) is 35.9 Å². The number of methoxy groups -OCH3 is 1. The average molecular weight is 291 g/mol. The van der Waals surface area contributed by atoms with Crippen molar-refractivity contribution in [2.45, 2.75) is 26.2 Å². The van der Waals surface area contributed by atoms with Crippen LogP contribution in [-0.4, -0.2) is 31.3 Å². The van der Waals surface area contributed by atoms with E-state index in [2.05, 4.69) is 12.2 Å². The molecular formula is C17H25NO3. The first-order valence-corrected chi connectivity index (χ1v) is 7.41. The molecule has 1 rings (SSSR count). The molecule has 0 saturated carbocycles. The molecule has 0 aliphatic rings. The smallest absolute Gasteiger partial charge is 0.244 e. The Hall–Kier alpha value is -1.81. The lowest BCUT2D eigenvalue weighted by Crippen LogP contribution is -2.28. The Kier molecular flexibility index (Phi) is 8.21. The van der Waals surface area contributed by atoms with Gasteiger partial charge in [0.1, 0.15) is 5.75 Å². The number of hydrogen-bond acceptors (Lipinski definition) is 3. The first-order valence-electron chi connectivity index (χ1n) is 7.41. The van der Waals surface area contributed by atoms with Crippen molar-refractivity contribution in [2.75, 3.05) is 20.3 Å². The Morgan fingerprint density at radius 2 is 2.14 bits per heavy atom. The number of aliphatic hydroxyl groups excluding tert-OH is 1. The summed E-state index contributed by atoms with van der Waals surface area (Å²) in [4.78, 5) is 11.8. The summed E-state index contributed by atoms with van der Waals surface area (Å²) in [5.74, 6) is 0.953. The predicted octanol–water partition coefficient (Wildman–Crippen LogP) is 2.62. The zero-order valence-electron chi connectivity index (χ0n) is 12.8. The number of ether oxygens (including phenoxy) is 1. The number of rotatable bonds is 9. The molecule has 2 N–H and O–H groups in total. The van der Waals surface area contributed by atoms with E-state index in [0.29, 0.717) is 12.5 Å². The molecule has 4 nitrogen and oxygen atoms in total. The summed E-state index contributed by atoms with van der Waals surface area (Å²) in [5, 5.41) is 11.9. The van der Waals surface area contributed by atoms with Crippen molar-refractivity contribution in [3.8, 4) is 5.75 Å². The molecule has 0 radical (unpaired) electrons. The third kappa shape index (κ3) is 6.45. The van der Waals surface area contributed by atoms with E-state index in [1.54, 1.807) is 13.2 Å². The first-order chi connectivity index (χ1) is 10.2. The molecule has 116 valence electrons. The van der Waals surface area contributed by atoms with Gasteiger partial charge < -0.3 is 15.2 Å². The lowest BCUT2D eigenvalue weighted by atomic mass is 10.0. The van der Waals surface area contributed by atoms with Crippen LogP contribution in [0, 0.1) is 5.92 Å². The summed E-state index contributed by atoms with van der Waals surface area (Å²) in [6.07, 6.45) is 6.05. The number of carbonyl (C=O) groups excluding carboxylic acids is 1. The van der Waals surface area contributed by atoms with Gasteiger partial charge in [-0.05, 0) is 30.9 Å². The largest absolute Gasteiger partial charge is 0.496 e. The summed E-state index contributed by atoms with van der Waals surface area (Å²) in [5.41, 5.74) is 0.871. The normalized spacial score (nSPS) is 12.3. The van der Waals surface area contributed by atoms with Crippen LogP contribution in [0.3, 0.4) is 0 Å². The number of hydrogen-bond donors (Lipinski definition) is 2. The van der Waals surface area contributed by atoms with Crippen LogP contribution < -0.4 is 10.1 Å². The average Bonchev–Trinajstić information content (AvgIpc) is 2.51. The Morgan fingerprint density at radius 1 is 1.38 bits per heavy atom. The molecule has 4 heteroatoms. The molecule has 0 heterocycles. The van der Waals surface area contributed by atoms with Crippen LogP contribution >= 0.6 is 0 Å². The van der Waals surface area contributed by atoms with Crippen molar-refractivity contribution in [1.82, 2.24) is 5.32 Å².